The lowest BCUT2D eigenvalue weighted by atomic mass is 9.95. The van der Waals surface area contributed by atoms with Gasteiger partial charge in [-0.1, -0.05) is 0 Å². The minimum absolute atomic E-state index is 0.942. The molecule has 1 saturated heterocycles. The summed E-state index contributed by atoms with van der Waals surface area (Å²) in [5.41, 5.74) is 0. The molecule has 0 aromatic rings. The Labute approximate surface area is 101 Å². The third-order valence-electron chi connectivity index (χ3n) is 3.32. The van der Waals surface area contributed by atoms with E-state index in [1.165, 1.54) is 64.8 Å². The van der Waals surface area contributed by atoms with Crippen LogP contribution in [0.1, 0.15) is 32.1 Å². The van der Waals surface area contributed by atoms with Crippen molar-refractivity contribution in [3.05, 3.63) is 0 Å². The summed E-state index contributed by atoms with van der Waals surface area (Å²) >= 11 is 0. The molecular weight excluding hydrogens is 198 g/mol. The van der Waals surface area contributed by atoms with Crippen molar-refractivity contribution in [3.63, 3.8) is 0 Å². The molecular formula is C13H29N3. The molecule has 0 aliphatic carbocycles. The molecule has 1 aliphatic rings. The Morgan fingerprint density at radius 3 is 2.75 bits per heavy atom. The molecule has 0 spiro atoms. The average Bonchev–Trinajstić information content (AvgIpc) is 2.29. The molecule has 1 atom stereocenters. The first kappa shape index (κ1) is 13.9. The molecule has 16 heavy (non-hydrogen) atoms. The molecule has 0 amide bonds. The van der Waals surface area contributed by atoms with Crippen LogP contribution in [0.3, 0.4) is 0 Å². The normalized spacial score (nSPS) is 21.6. The number of rotatable bonds is 8. The molecule has 1 fully saturated rings. The summed E-state index contributed by atoms with van der Waals surface area (Å²) in [7, 11) is 4.27. The Kier molecular flexibility index (Phi) is 7.81. The minimum atomic E-state index is 0.942. The van der Waals surface area contributed by atoms with Crippen molar-refractivity contribution in [1.82, 2.24) is 15.5 Å². The summed E-state index contributed by atoms with van der Waals surface area (Å²) in [4.78, 5) is 2.25. The van der Waals surface area contributed by atoms with E-state index in [-0.39, 0.29) is 0 Å². The van der Waals surface area contributed by atoms with Gasteiger partial charge in [-0.25, -0.2) is 0 Å². The van der Waals surface area contributed by atoms with Gasteiger partial charge in [0.2, 0.25) is 0 Å². The Morgan fingerprint density at radius 1 is 1.25 bits per heavy atom. The highest BCUT2D eigenvalue weighted by Gasteiger charge is 2.11. The van der Waals surface area contributed by atoms with Gasteiger partial charge < -0.3 is 15.5 Å². The van der Waals surface area contributed by atoms with Crippen LogP contribution in [0.15, 0.2) is 0 Å². The fourth-order valence-corrected chi connectivity index (χ4v) is 2.33. The smallest absolute Gasteiger partial charge is 0.00127 e. The van der Waals surface area contributed by atoms with Crippen LogP contribution in [-0.2, 0) is 0 Å². The zero-order valence-electron chi connectivity index (χ0n) is 11.1. The van der Waals surface area contributed by atoms with Crippen LogP contribution in [0.25, 0.3) is 0 Å². The van der Waals surface area contributed by atoms with Gasteiger partial charge in [-0.3, -0.25) is 0 Å². The first-order valence-electron chi connectivity index (χ1n) is 6.85. The van der Waals surface area contributed by atoms with Crippen molar-refractivity contribution in [2.75, 3.05) is 46.8 Å². The molecule has 96 valence electrons. The van der Waals surface area contributed by atoms with Crippen LogP contribution in [0, 0.1) is 5.92 Å². The molecule has 0 aromatic carbocycles. The maximum absolute atomic E-state index is 3.53. The predicted molar refractivity (Wildman–Crippen MR) is 70.9 cm³/mol. The van der Waals surface area contributed by atoms with Crippen molar-refractivity contribution < 1.29 is 0 Å². The van der Waals surface area contributed by atoms with E-state index in [1.54, 1.807) is 0 Å². The SMILES string of the molecule is CN(C)CCCNCCCC1CCCNC1. The second-order valence-electron chi connectivity index (χ2n) is 5.26. The first-order valence-corrected chi connectivity index (χ1v) is 6.85. The number of nitrogens with one attached hydrogen (secondary N) is 2. The monoisotopic (exact) mass is 227 g/mol. The average molecular weight is 227 g/mol. The zero-order valence-corrected chi connectivity index (χ0v) is 11.1. The molecule has 3 heteroatoms. The molecule has 0 radical (unpaired) electrons. The molecule has 1 aliphatic heterocycles. The van der Waals surface area contributed by atoms with Crippen LogP contribution in [0.4, 0.5) is 0 Å². The Morgan fingerprint density at radius 2 is 2.06 bits per heavy atom. The van der Waals surface area contributed by atoms with Gasteiger partial charge >= 0.3 is 0 Å². The van der Waals surface area contributed by atoms with Gasteiger partial charge in [0.1, 0.15) is 0 Å². The van der Waals surface area contributed by atoms with Gasteiger partial charge in [0.15, 0.2) is 0 Å². The van der Waals surface area contributed by atoms with Gasteiger partial charge in [-0.05, 0) is 84.8 Å². The topological polar surface area (TPSA) is 27.3 Å². The zero-order chi connectivity index (χ0) is 11.6. The highest BCUT2D eigenvalue weighted by atomic mass is 15.0. The molecule has 3 nitrogen and oxygen atoms in total. The van der Waals surface area contributed by atoms with Crippen molar-refractivity contribution in [3.8, 4) is 0 Å². The largest absolute Gasteiger partial charge is 0.317 e. The lowest BCUT2D eigenvalue weighted by Crippen LogP contribution is -2.30. The Bertz CT molecular complexity index is 153. The summed E-state index contributed by atoms with van der Waals surface area (Å²) in [6.45, 7) is 6.05. The van der Waals surface area contributed by atoms with E-state index < -0.39 is 0 Å². The summed E-state index contributed by atoms with van der Waals surface area (Å²) in [6, 6.07) is 0. The third kappa shape index (κ3) is 7.20. The predicted octanol–water partition coefficient (Wildman–Crippen LogP) is 1.31. The molecule has 0 aromatic heterocycles. The molecule has 0 bridgehead atoms. The van der Waals surface area contributed by atoms with E-state index in [1.807, 2.05) is 0 Å². The van der Waals surface area contributed by atoms with E-state index in [9.17, 15) is 0 Å². The Balaban J connectivity index is 1.80. The van der Waals surface area contributed by atoms with Crippen LogP contribution >= 0.6 is 0 Å². The first-order chi connectivity index (χ1) is 7.79. The lowest BCUT2D eigenvalue weighted by Gasteiger charge is -2.22. The van der Waals surface area contributed by atoms with Crippen LogP contribution < -0.4 is 10.6 Å². The molecule has 2 N–H and O–H groups in total. The van der Waals surface area contributed by atoms with Gasteiger partial charge in [0.05, 0.1) is 0 Å². The highest BCUT2D eigenvalue weighted by Crippen LogP contribution is 2.15. The summed E-state index contributed by atoms with van der Waals surface area (Å²) in [5.74, 6) is 0.942. The number of nitrogens with zero attached hydrogens (tertiary/aromatic N) is 1. The van der Waals surface area contributed by atoms with Gasteiger partial charge in [-0.15, -0.1) is 0 Å². The number of piperidine rings is 1. The number of hydrogen-bond donors (Lipinski definition) is 2. The van der Waals surface area contributed by atoms with Crippen molar-refractivity contribution in [2.24, 2.45) is 5.92 Å². The van der Waals surface area contributed by atoms with Crippen molar-refractivity contribution in [2.45, 2.75) is 32.1 Å². The van der Waals surface area contributed by atoms with Crippen molar-refractivity contribution >= 4 is 0 Å². The lowest BCUT2D eigenvalue weighted by molar-refractivity contribution is 0.346. The quantitative estimate of drug-likeness (QED) is 0.612. The fraction of sp³-hybridized carbons (Fsp3) is 1.00. The van der Waals surface area contributed by atoms with E-state index >= 15 is 0 Å². The molecule has 1 rings (SSSR count). The van der Waals surface area contributed by atoms with Gasteiger partial charge in [0.25, 0.3) is 0 Å². The van der Waals surface area contributed by atoms with Gasteiger partial charge in [0, 0.05) is 0 Å². The molecule has 1 heterocycles. The second-order valence-corrected chi connectivity index (χ2v) is 5.26. The summed E-state index contributed by atoms with van der Waals surface area (Å²) in [6.07, 6.45) is 6.81. The maximum atomic E-state index is 3.53. The molecule has 0 saturated carbocycles. The molecule has 1 unspecified atom stereocenters. The van der Waals surface area contributed by atoms with Gasteiger partial charge in [-0.2, -0.15) is 0 Å². The number of hydrogen-bond acceptors (Lipinski definition) is 3. The van der Waals surface area contributed by atoms with Crippen molar-refractivity contribution in [1.29, 1.82) is 0 Å². The van der Waals surface area contributed by atoms with E-state index in [0.717, 1.165) is 5.92 Å². The van der Waals surface area contributed by atoms with Crippen LogP contribution in [-0.4, -0.2) is 51.7 Å². The highest BCUT2D eigenvalue weighted by molar-refractivity contribution is 4.69. The van der Waals surface area contributed by atoms with E-state index in [4.69, 9.17) is 0 Å². The van der Waals surface area contributed by atoms with E-state index in [2.05, 4.69) is 29.6 Å². The summed E-state index contributed by atoms with van der Waals surface area (Å²) in [5, 5.41) is 7.02. The Hall–Kier alpha value is -0.120. The van der Waals surface area contributed by atoms with Crippen LogP contribution in [0.2, 0.25) is 0 Å². The minimum Gasteiger partial charge on any atom is -0.317 e. The standard InChI is InChI=1S/C13H29N3/c1-16(2)11-5-10-14-8-3-6-13-7-4-9-15-12-13/h13-15H,3-12H2,1-2H3. The van der Waals surface area contributed by atoms with Crippen LogP contribution in [0.5, 0.6) is 0 Å². The van der Waals surface area contributed by atoms with E-state index in [0.29, 0.717) is 0 Å². The second kappa shape index (κ2) is 8.97. The maximum Gasteiger partial charge on any atom is -0.00127 e. The fourth-order valence-electron chi connectivity index (χ4n) is 2.33. The third-order valence-corrected chi connectivity index (χ3v) is 3.32. The summed E-state index contributed by atoms with van der Waals surface area (Å²) < 4.78 is 0.